The summed E-state index contributed by atoms with van der Waals surface area (Å²) >= 11 is 3.27. The molecule has 0 bridgehead atoms. The van der Waals surface area contributed by atoms with Crippen LogP contribution in [-0.4, -0.2) is 14.3 Å². The smallest absolute Gasteiger partial charge is 0.261 e. The number of anilines is 1. The normalized spacial score (nSPS) is 11.1. The zero-order valence-corrected chi connectivity index (χ0v) is 12.6. The molecule has 7 heteroatoms. The lowest BCUT2D eigenvalue weighted by atomic mass is 10.2. The molecule has 1 amide bonds. The van der Waals surface area contributed by atoms with Gasteiger partial charge in [-0.05, 0) is 48.5 Å². The van der Waals surface area contributed by atoms with Crippen molar-refractivity contribution in [2.45, 2.75) is 4.90 Å². The highest BCUT2D eigenvalue weighted by atomic mass is 79.9. The van der Waals surface area contributed by atoms with E-state index in [1.165, 1.54) is 24.3 Å². The molecular weight excluding hydrogens is 344 g/mol. The van der Waals surface area contributed by atoms with Gasteiger partial charge in [-0.2, -0.15) is 0 Å². The van der Waals surface area contributed by atoms with Crippen LogP contribution in [0.1, 0.15) is 10.4 Å². The quantitative estimate of drug-likeness (QED) is 0.882. The largest absolute Gasteiger partial charge is 0.366 e. The second kappa shape index (κ2) is 5.64. The molecule has 0 saturated carbocycles. The summed E-state index contributed by atoms with van der Waals surface area (Å²) in [7, 11) is -3.69. The molecule has 5 nitrogen and oxygen atoms in total. The van der Waals surface area contributed by atoms with E-state index in [1.807, 2.05) is 0 Å². The van der Waals surface area contributed by atoms with Crippen molar-refractivity contribution in [1.82, 2.24) is 0 Å². The maximum absolute atomic E-state index is 12.1. The lowest BCUT2D eigenvalue weighted by Crippen LogP contribution is -2.14. The van der Waals surface area contributed by atoms with Crippen LogP contribution in [0.3, 0.4) is 0 Å². The summed E-state index contributed by atoms with van der Waals surface area (Å²) in [6.07, 6.45) is 0. The van der Waals surface area contributed by atoms with Gasteiger partial charge in [0, 0.05) is 15.7 Å². The molecule has 2 rings (SSSR count). The van der Waals surface area contributed by atoms with Crippen LogP contribution in [0.15, 0.2) is 57.9 Å². The highest BCUT2D eigenvalue weighted by Gasteiger charge is 2.14. The first-order chi connectivity index (χ1) is 9.38. The standard InChI is InChI=1S/C13H11BrN2O3S/c14-10-3-5-11(6-4-10)16-20(18,19)12-7-1-9(2-8-12)13(15)17/h1-8,16H,(H2,15,17). The lowest BCUT2D eigenvalue weighted by Gasteiger charge is -2.08. The number of nitrogens with two attached hydrogens (primary N) is 1. The Morgan fingerprint density at radius 1 is 1.00 bits per heavy atom. The second-order valence-corrected chi connectivity index (χ2v) is 6.60. The summed E-state index contributed by atoms with van der Waals surface area (Å²) in [6.45, 7) is 0. The van der Waals surface area contributed by atoms with Gasteiger partial charge in [-0.15, -0.1) is 0 Å². The Bertz CT molecular complexity index is 725. The van der Waals surface area contributed by atoms with Gasteiger partial charge in [0.15, 0.2) is 0 Å². The molecule has 0 saturated heterocycles. The number of carbonyl (C=O) groups is 1. The lowest BCUT2D eigenvalue weighted by molar-refractivity contribution is 0.1000. The maximum Gasteiger partial charge on any atom is 0.261 e. The molecule has 0 radical (unpaired) electrons. The van der Waals surface area contributed by atoms with Gasteiger partial charge in [-0.3, -0.25) is 9.52 Å². The Morgan fingerprint density at radius 2 is 1.55 bits per heavy atom. The van der Waals surface area contributed by atoms with Gasteiger partial charge < -0.3 is 5.73 Å². The van der Waals surface area contributed by atoms with Crippen LogP contribution in [0.25, 0.3) is 0 Å². The number of hydrogen-bond acceptors (Lipinski definition) is 3. The number of carbonyl (C=O) groups excluding carboxylic acids is 1. The molecular formula is C13H11BrN2O3S. The van der Waals surface area contributed by atoms with Gasteiger partial charge in [-0.1, -0.05) is 15.9 Å². The first kappa shape index (κ1) is 14.5. The van der Waals surface area contributed by atoms with Crippen LogP contribution in [0, 0.1) is 0 Å². The number of rotatable bonds is 4. The highest BCUT2D eigenvalue weighted by molar-refractivity contribution is 9.10. The molecule has 0 aliphatic heterocycles. The molecule has 0 spiro atoms. The topological polar surface area (TPSA) is 89.3 Å². The third-order valence-corrected chi connectivity index (χ3v) is 4.47. The Morgan fingerprint density at radius 3 is 2.05 bits per heavy atom. The molecule has 104 valence electrons. The minimum atomic E-state index is -3.69. The van der Waals surface area contributed by atoms with Crippen molar-refractivity contribution in [3.63, 3.8) is 0 Å². The monoisotopic (exact) mass is 354 g/mol. The van der Waals surface area contributed by atoms with Gasteiger partial charge in [-0.25, -0.2) is 8.42 Å². The van der Waals surface area contributed by atoms with Crippen molar-refractivity contribution in [2.75, 3.05) is 4.72 Å². The molecule has 3 N–H and O–H groups in total. The van der Waals surface area contributed by atoms with Crippen molar-refractivity contribution < 1.29 is 13.2 Å². The van der Waals surface area contributed by atoms with Crippen molar-refractivity contribution in [3.05, 3.63) is 58.6 Å². The number of primary amides is 1. The molecule has 0 aliphatic rings. The number of hydrogen-bond donors (Lipinski definition) is 2. The van der Waals surface area contributed by atoms with Crippen LogP contribution in [0.5, 0.6) is 0 Å². The van der Waals surface area contributed by atoms with Crippen LogP contribution in [0.2, 0.25) is 0 Å². The average molecular weight is 355 g/mol. The van der Waals surface area contributed by atoms with E-state index >= 15 is 0 Å². The van der Waals surface area contributed by atoms with E-state index in [0.29, 0.717) is 5.69 Å². The second-order valence-electron chi connectivity index (χ2n) is 4.00. The molecule has 20 heavy (non-hydrogen) atoms. The van der Waals surface area contributed by atoms with Crippen molar-refractivity contribution >= 4 is 37.5 Å². The fraction of sp³-hybridized carbons (Fsp3) is 0. The van der Waals surface area contributed by atoms with Crippen molar-refractivity contribution in [2.24, 2.45) is 5.73 Å². The van der Waals surface area contributed by atoms with Crippen molar-refractivity contribution in [1.29, 1.82) is 0 Å². The number of nitrogens with one attached hydrogen (secondary N) is 1. The SMILES string of the molecule is NC(=O)c1ccc(S(=O)(=O)Nc2ccc(Br)cc2)cc1. The summed E-state index contributed by atoms with van der Waals surface area (Å²) in [5.41, 5.74) is 5.81. The Labute approximate surface area is 125 Å². The van der Waals surface area contributed by atoms with E-state index in [4.69, 9.17) is 5.73 Å². The number of benzene rings is 2. The first-order valence-corrected chi connectivity index (χ1v) is 7.84. The van der Waals surface area contributed by atoms with Crippen molar-refractivity contribution in [3.8, 4) is 0 Å². The number of sulfonamides is 1. The van der Waals surface area contributed by atoms with Gasteiger partial charge in [0.1, 0.15) is 0 Å². The molecule has 0 fully saturated rings. The van der Waals surface area contributed by atoms with E-state index in [1.54, 1.807) is 24.3 Å². The predicted molar refractivity (Wildman–Crippen MR) is 79.9 cm³/mol. The third-order valence-electron chi connectivity index (χ3n) is 2.55. The third kappa shape index (κ3) is 3.37. The molecule has 2 aromatic carbocycles. The Kier molecular flexibility index (Phi) is 4.10. The van der Waals surface area contributed by atoms with E-state index in [9.17, 15) is 13.2 Å². The molecule has 0 aromatic heterocycles. The Balaban J connectivity index is 2.26. The summed E-state index contributed by atoms with van der Waals surface area (Å²) in [6, 6.07) is 12.2. The predicted octanol–water partition coefficient (Wildman–Crippen LogP) is 2.35. The van der Waals surface area contributed by atoms with E-state index in [-0.39, 0.29) is 10.5 Å². The Hall–Kier alpha value is -1.86. The van der Waals surface area contributed by atoms with Gasteiger partial charge in [0.05, 0.1) is 4.90 Å². The van der Waals surface area contributed by atoms with Crippen LogP contribution >= 0.6 is 15.9 Å². The fourth-order valence-corrected chi connectivity index (χ4v) is 2.85. The average Bonchev–Trinajstić information content (AvgIpc) is 2.41. The van der Waals surface area contributed by atoms with Crippen LogP contribution in [0.4, 0.5) is 5.69 Å². The molecule has 0 atom stereocenters. The number of amides is 1. The molecule has 0 aliphatic carbocycles. The summed E-state index contributed by atoms with van der Waals surface area (Å²) in [4.78, 5) is 11.0. The zero-order valence-electron chi connectivity index (χ0n) is 10.2. The molecule has 0 heterocycles. The van der Waals surface area contributed by atoms with Gasteiger partial charge >= 0.3 is 0 Å². The number of halogens is 1. The van der Waals surface area contributed by atoms with Crippen LogP contribution in [-0.2, 0) is 10.0 Å². The van der Waals surface area contributed by atoms with Gasteiger partial charge in [0.2, 0.25) is 5.91 Å². The molecule has 2 aromatic rings. The van der Waals surface area contributed by atoms with Gasteiger partial charge in [0.25, 0.3) is 10.0 Å². The van der Waals surface area contributed by atoms with E-state index in [0.717, 1.165) is 4.47 Å². The first-order valence-electron chi connectivity index (χ1n) is 5.57. The summed E-state index contributed by atoms with van der Waals surface area (Å²) in [5, 5.41) is 0. The summed E-state index contributed by atoms with van der Waals surface area (Å²) < 4.78 is 27.6. The van der Waals surface area contributed by atoms with E-state index in [2.05, 4.69) is 20.7 Å². The summed E-state index contributed by atoms with van der Waals surface area (Å²) in [5.74, 6) is -0.602. The minimum absolute atomic E-state index is 0.0606. The minimum Gasteiger partial charge on any atom is -0.366 e. The van der Waals surface area contributed by atoms with E-state index < -0.39 is 15.9 Å². The maximum atomic E-state index is 12.1. The highest BCUT2D eigenvalue weighted by Crippen LogP contribution is 2.19. The zero-order chi connectivity index (χ0) is 14.8. The molecule has 0 unspecified atom stereocenters. The fourth-order valence-electron chi connectivity index (χ4n) is 1.53. The van der Waals surface area contributed by atoms with Crippen LogP contribution < -0.4 is 10.5 Å².